The Morgan fingerprint density at radius 1 is 1.35 bits per heavy atom. The summed E-state index contributed by atoms with van der Waals surface area (Å²) in [5.74, 6) is 0.783. The standard InChI is InChI=1S/C17H19N5O/c1-9(7-18)16(19-4)13-5-12(6-14-17(13)21-8-20-14)15-10(2)22-23-11(15)3/h5-8,18-19H,1-4H3,(H,20,21)/b16-9-,18-7?. The molecular weight excluding hydrogens is 290 g/mol. The predicted molar refractivity (Wildman–Crippen MR) is 91.5 cm³/mol. The second-order valence-corrected chi connectivity index (χ2v) is 5.47. The number of nitrogens with zero attached hydrogens (tertiary/aromatic N) is 2. The summed E-state index contributed by atoms with van der Waals surface area (Å²) in [6.07, 6.45) is 3.02. The third-order valence-corrected chi connectivity index (χ3v) is 3.98. The van der Waals surface area contributed by atoms with Crippen LogP contribution in [0.5, 0.6) is 0 Å². The molecule has 2 heterocycles. The van der Waals surface area contributed by atoms with Gasteiger partial charge in [-0.05, 0) is 44.0 Å². The molecule has 0 atom stereocenters. The van der Waals surface area contributed by atoms with E-state index in [0.29, 0.717) is 0 Å². The van der Waals surface area contributed by atoms with Crippen LogP contribution in [0.1, 0.15) is 23.9 Å². The van der Waals surface area contributed by atoms with Gasteiger partial charge in [-0.15, -0.1) is 0 Å². The Bertz CT molecular complexity index is 897. The van der Waals surface area contributed by atoms with Crippen molar-refractivity contribution in [2.75, 3.05) is 7.05 Å². The van der Waals surface area contributed by atoms with Crippen LogP contribution in [0.25, 0.3) is 27.9 Å². The van der Waals surface area contributed by atoms with Crippen LogP contribution in [0.2, 0.25) is 0 Å². The lowest BCUT2D eigenvalue weighted by atomic mass is 9.97. The molecule has 6 nitrogen and oxygen atoms in total. The second kappa shape index (κ2) is 5.72. The van der Waals surface area contributed by atoms with E-state index in [-0.39, 0.29) is 0 Å². The van der Waals surface area contributed by atoms with Crippen molar-refractivity contribution < 1.29 is 4.52 Å². The topological polar surface area (TPSA) is 90.6 Å². The molecule has 1 aromatic carbocycles. The summed E-state index contributed by atoms with van der Waals surface area (Å²) in [4.78, 5) is 7.60. The first kappa shape index (κ1) is 15.0. The lowest BCUT2D eigenvalue weighted by Gasteiger charge is -2.12. The van der Waals surface area contributed by atoms with Gasteiger partial charge in [-0.2, -0.15) is 0 Å². The monoisotopic (exact) mass is 309 g/mol. The van der Waals surface area contributed by atoms with Crippen LogP contribution in [-0.2, 0) is 0 Å². The number of aromatic amines is 1. The second-order valence-electron chi connectivity index (χ2n) is 5.47. The van der Waals surface area contributed by atoms with Crippen molar-refractivity contribution in [1.82, 2.24) is 20.4 Å². The molecule has 3 N–H and O–H groups in total. The van der Waals surface area contributed by atoms with E-state index in [2.05, 4.69) is 26.5 Å². The molecule has 0 bridgehead atoms. The minimum atomic E-state index is 0.783. The summed E-state index contributed by atoms with van der Waals surface area (Å²) in [5.41, 5.74) is 7.32. The van der Waals surface area contributed by atoms with Crippen molar-refractivity contribution in [2.45, 2.75) is 20.8 Å². The third kappa shape index (κ3) is 2.42. The Morgan fingerprint density at radius 2 is 2.13 bits per heavy atom. The molecule has 6 heteroatoms. The van der Waals surface area contributed by atoms with Crippen molar-refractivity contribution in [3.8, 4) is 11.1 Å². The Hall–Kier alpha value is -2.89. The van der Waals surface area contributed by atoms with Gasteiger partial charge in [0, 0.05) is 30.1 Å². The number of rotatable bonds is 4. The average molecular weight is 309 g/mol. The fourth-order valence-corrected chi connectivity index (χ4v) is 2.90. The number of H-pyrrole nitrogens is 1. The van der Waals surface area contributed by atoms with E-state index in [1.807, 2.05) is 33.9 Å². The SMILES string of the molecule is CN/C(=C(/C)C=N)c1cc(-c2c(C)noc2C)cc2[nH]cnc12. The Balaban J connectivity index is 2.34. The van der Waals surface area contributed by atoms with Crippen molar-refractivity contribution in [3.63, 3.8) is 0 Å². The van der Waals surface area contributed by atoms with Crippen LogP contribution in [0.4, 0.5) is 0 Å². The number of hydrogen-bond donors (Lipinski definition) is 3. The predicted octanol–water partition coefficient (Wildman–Crippen LogP) is 3.43. The van der Waals surface area contributed by atoms with Gasteiger partial charge in [-0.3, -0.25) is 0 Å². The Labute approximate surface area is 134 Å². The highest BCUT2D eigenvalue weighted by atomic mass is 16.5. The van der Waals surface area contributed by atoms with Crippen molar-refractivity contribution in [1.29, 1.82) is 5.41 Å². The maximum atomic E-state index is 7.55. The molecular formula is C17H19N5O. The summed E-state index contributed by atoms with van der Waals surface area (Å²) in [5, 5.41) is 14.8. The normalized spacial score (nSPS) is 12.3. The first-order chi connectivity index (χ1) is 11.1. The minimum Gasteiger partial charge on any atom is -0.387 e. The first-order valence-corrected chi connectivity index (χ1v) is 7.36. The summed E-state index contributed by atoms with van der Waals surface area (Å²) < 4.78 is 5.30. The molecule has 0 spiro atoms. The summed E-state index contributed by atoms with van der Waals surface area (Å²) in [6, 6.07) is 4.11. The zero-order valence-electron chi connectivity index (χ0n) is 13.6. The van der Waals surface area contributed by atoms with Gasteiger partial charge in [0.2, 0.25) is 0 Å². The highest BCUT2D eigenvalue weighted by Crippen LogP contribution is 2.33. The largest absolute Gasteiger partial charge is 0.387 e. The first-order valence-electron chi connectivity index (χ1n) is 7.36. The zero-order chi connectivity index (χ0) is 16.6. The van der Waals surface area contributed by atoms with Crippen LogP contribution in [0.15, 0.2) is 28.6 Å². The van der Waals surface area contributed by atoms with Crippen LogP contribution in [-0.4, -0.2) is 28.4 Å². The lowest BCUT2D eigenvalue weighted by Crippen LogP contribution is -2.08. The third-order valence-electron chi connectivity index (χ3n) is 3.98. The average Bonchev–Trinajstić information content (AvgIpc) is 3.14. The van der Waals surface area contributed by atoms with Crippen LogP contribution in [0, 0.1) is 19.3 Å². The van der Waals surface area contributed by atoms with Gasteiger partial charge >= 0.3 is 0 Å². The molecule has 0 unspecified atom stereocenters. The van der Waals surface area contributed by atoms with Crippen molar-refractivity contribution in [3.05, 3.63) is 41.1 Å². The maximum absolute atomic E-state index is 7.55. The molecule has 0 radical (unpaired) electrons. The van der Waals surface area contributed by atoms with E-state index < -0.39 is 0 Å². The Morgan fingerprint density at radius 3 is 2.74 bits per heavy atom. The highest BCUT2D eigenvalue weighted by molar-refractivity contribution is 5.98. The van der Waals surface area contributed by atoms with Crippen LogP contribution in [0.3, 0.4) is 0 Å². The molecule has 0 saturated carbocycles. The number of allylic oxidation sites excluding steroid dienone is 1. The summed E-state index contributed by atoms with van der Waals surface area (Å²) in [6.45, 7) is 5.74. The Kier molecular flexibility index (Phi) is 3.73. The van der Waals surface area contributed by atoms with E-state index in [1.165, 1.54) is 6.21 Å². The molecule has 0 aliphatic carbocycles. The number of imidazole rings is 1. The molecule has 3 rings (SSSR count). The van der Waals surface area contributed by atoms with Gasteiger partial charge in [0.1, 0.15) is 5.76 Å². The quantitative estimate of drug-likeness (QED) is 0.644. The number of benzene rings is 1. The van der Waals surface area contributed by atoms with Gasteiger partial charge in [0.25, 0.3) is 0 Å². The molecule has 0 aliphatic rings. The van der Waals surface area contributed by atoms with E-state index >= 15 is 0 Å². The molecule has 0 aliphatic heterocycles. The van der Waals surface area contributed by atoms with Gasteiger partial charge in [-0.1, -0.05) is 5.16 Å². The minimum absolute atomic E-state index is 0.783. The van der Waals surface area contributed by atoms with Gasteiger partial charge in [0.05, 0.1) is 23.1 Å². The zero-order valence-corrected chi connectivity index (χ0v) is 13.6. The molecule has 2 aromatic heterocycles. The number of hydrogen-bond acceptors (Lipinski definition) is 5. The fourth-order valence-electron chi connectivity index (χ4n) is 2.90. The van der Waals surface area contributed by atoms with Gasteiger partial charge < -0.3 is 20.2 Å². The highest BCUT2D eigenvalue weighted by Gasteiger charge is 2.17. The molecule has 23 heavy (non-hydrogen) atoms. The summed E-state index contributed by atoms with van der Waals surface area (Å²) in [7, 11) is 1.85. The van der Waals surface area contributed by atoms with E-state index in [9.17, 15) is 0 Å². The van der Waals surface area contributed by atoms with E-state index in [1.54, 1.807) is 6.33 Å². The number of aromatic nitrogens is 3. The van der Waals surface area contributed by atoms with E-state index in [0.717, 1.165) is 50.4 Å². The fraction of sp³-hybridized carbons (Fsp3) is 0.235. The smallest absolute Gasteiger partial charge is 0.141 e. The van der Waals surface area contributed by atoms with Gasteiger partial charge in [0.15, 0.2) is 0 Å². The number of aryl methyl sites for hydroxylation is 2. The van der Waals surface area contributed by atoms with Crippen LogP contribution >= 0.6 is 0 Å². The molecule has 0 saturated heterocycles. The van der Waals surface area contributed by atoms with Crippen molar-refractivity contribution >= 4 is 22.9 Å². The molecule has 0 fully saturated rings. The van der Waals surface area contributed by atoms with Crippen molar-refractivity contribution in [2.24, 2.45) is 0 Å². The molecule has 3 aromatic rings. The molecule has 0 amide bonds. The van der Waals surface area contributed by atoms with Crippen LogP contribution < -0.4 is 5.32 Å². The number of nitrogens with one attached hydrogen (secondary N) is 3. The van der Waals surface area contributed by atoms with E-state index in [4.69, 9.17) is 9.93 Å². The lowest BCUT2D eigenvalue weighted by molar-refractivity contribution is 0.393. The summed E-state index contributed by atoms with van der Waals surface area (Å²) >= 11 is 0. The molecule has 118 valence electrons. The maximum Gasteiger partial charge on any atom is 0.141 e. The van der Waals surface area contributed by atoms with Gasteiger partial charge in [-0.25, -0.2) is 4.98 Å². The number of fused-ring (bicyclic) bond motifs is 1.